The average Bonchev–Trinajstić information content (AvgIpc) is 2.29. The lowest BCUT2D eigenvalue weighted by molar-refractivity contribution is 0.417. The summed E-state index contributed by atoms with van der Waals surface area (Å²) < 4.78 is 5.24. The van der Waals surface area contributed by atoms with Gasteiger partial charge in [-0.15, -0.1) is 0 Å². The van der Waals surface area contributed by atoms with Crippen molar-refractivity contribution in [3.63, 3.8) is 0 Å². The fraction of sp³-hybridized carbons (Fsp3) is 0.364. The van der Waals surface area contributed by atoms with E-state index in [9.17, 15) is 0 Å². The van der Waals surface area contributed by atoms with E-state index in [1.54, 1.807) is 7.11 Å². The van der Waals surface area contributed by atoms with E-state index in [4.69, 9.17) is 10.6 Å². The molecule has 0 aliphatic heterocycles. The Balaban J connectivity index is 2.94. The molecule has 0 spiro atoms. The molecule has 0 amide bonds. The molecule has 0 saturated heterocycles. The molecule has 0 atom stereocenters. The zero-order chi connectivity index (χ0) is 12.0. The molecule has 0 aromatic heterocycles. The highest BCUT2D eigenvalue weighted by molar-refractivity contribution is 5.94. The Morgan fingerprint density at radius 1 is 1.50 bits per heavy atom. The molecule has 0 aliphatic rings. The first-order valence-corrected chi connectivity index (χ1v) is 5.14. The maximum Gasteiger partial charge on any atom is 0.210 e. The van der Waals surface area contributed by atoms with Crippen molar-refractivity contribution in [3.05, 3.63) is 23.8 Å². The van der Waals surface area contributed by atoms with E-state index in [2.05, 4.69) is 15.7 Å². The van der Waals surface area contributed by atoms with Crippen molar-refractivity contribution < 1.29 is 4.74 Å². The summed E-state index contributed by atoms with van der Waals surface area (Å²) in [5, 5.41) is 3.08. The lowest BCUT2D eigenvalue weighted by Gasteiger charge is -2.13. The third kappa shape index (κ3) is 3.13. The van der Waals surface area contributed by atoms with E-state index in [0.29, 0.717) is 12.5 Å². The number of guanidine groups is 1. The largest absolute Gasteiger partial charge is 0.495 e. The van der Waals surface area contributed by atoms with Crippen molar-refractivity contribution in [3.8, 4) is 5.75 Å². The second-order valence-electron chi connectivity index (χ2n) is 3.30. The van der Waals surface area contributed by atoms with Gasteiger partial charge < -0.3 is 10.1 Å². The first-order valence-electron chi connectivity index (χ1n) is 5.14. The van der Waals surface area contributed by atoms with Crippen LogP contribution in [0, 0.1) is 6.92 Å². The van der Waals surface area contributed by atoms with Crippen LogP contribution in [0.15, 0.2) is 23.2 Å². The fourth-order valence-electron chi connectivity index (χ4n) is 1.33. The molecule has 1 rings (SSSR count). The Labute approximate surface area is 95.7 Å². The van der Waals surface area contributed by atoms with E-state index in [1.807, 2.05) is 32.0 Å². The van der Waals surface area contributed by atoms with Crippen molar-refractivity contribution in [1.29, 1.82) is 0 Å². The van der Waals surface area contributed by atoms with Gasteiger partial charge >= 0.3 is 0 Å². The molecule has 16 heavy (non-hydrogen) atoms. The van der Waals surface area contributed by atoms with Crippen molar-refractivity contribution in [2.24, 2.45) is 10.8 Å². The average molecular weight is 222 g/mol. The van der Waals surface area contributed by atoms with Crippen LogP contribution >= 0.6 is 0 Å². The number of hydrazine groups is 1. The molecular weight excluding hydrogens is 204 g/mol. The molecule has 5 heteroatoms. The molecule has 5 nitrogen and oxygen atoms in total. The smallest absolute Gasteiger partial charge is 0.210 e. The van der Waals surface area contributed by atoms with Gasteiger partial charge in [0.2, 0.25) is 5.96 Å². The Morgan fingerprint density at radius 2 is 2.25 bits per heavy atom. The number of hydrogen-bond donors (Lipinski definition) is 3. The van der Waals surface area contributed by atoms with Gasteiger partial charge in [-0.1, -0.05) is 6.07 Å². The van der Waals surface area contributed by atoms with Gasteiger partial charge in [0, 0.05) is 6.54 Å². The molecule has 0 saturated carbocycles. The number of aryl methyl sites for hydroxylation is 1. The van der Waals surface area contributed by atoms with Gasteiger partial charge in [0.15, 0.2) is 0 Å². The standard InChI is InChI=1S/C11H18N4O/c1-4-13-11(15-12)14-9-7-8(2)5-6-10(9)16-3/h5-7H,4,12H2,1-3H3,(H2,13,14,15). The maximum atomic E-state index is 5.35. The highest BCUT2D eigenvalue weighted by atomic mass is 16.5. The van der Waals surface area contributed by atoms with Crippen molar-refractivity contribution in [2.75, 3.05) is 19.0 Å². The van der Waals surface area contributed by atoms with Gasteiger partial charge in [-0.3, -0.25) is 10.4 Å². The van der Waals surface area contributed by atoms with E-state index < -0.39 is 0 Å². The zero-order valence-electron chi connectivity index (χ0n) is 9.87. The molecule has 0 radical (unpaired) electrons. The monoisotopic (exact) mass is 222 g/mol. The van der Waals surface area contributed by atoms with Crippen molar-refractivity contribution >= 4 is 11.6 Å². The van der Waals surface area contributed by atoms with E-state index in [-0.39, 0.29) is 0 Å². The van der Waals surface area contributed by atoms with Crippen LogP contribution < -0.4 is 21.3 Å². The number of nitrogens with two attached hydrogens (primary N) is 1. The van der Waals surface area contributed by atoms with Gasteiger partial charge in [-0.05, 0) is 31.5 Å². The third-order valence-corrected chi connectivity index (χ3v) is 2.06. The maximum absolute atomic E-state index is 5.35. The molecule has 0 heterocycles. The number of benzene rings is 1. The Bertz CT molecular complexity index is 376. The number of hydrogen-bond acceptors (Lipinski definition) is 3. The molecule has 4 N–H and O–H groups in total. The van der Waals surface area contributed by atoms with Gasteiger partial charge in [0.1, 0.15) is 5.75 Å². The van der Waals surface area contributed by atoms with E-state index in [1.165, 1.54) is 0 Å². The third-order valence-electron chi connectivity index (χ3n) is 2.06. The van der Waals surface area contributed by atoms with Crippen LogP contribution in [0.2, 0.25) is 0 Å². The first kappa shape index (κ1) is 12.3. The first-order chi connectivity index (χ1) is 7.71. The molecule has 1 aromatic carbocycles. The Kier molecular flexibility index (Phi) is 4.60. The normalized spacial score (nSPS) is 11.1. The Morgan fingerprint density at radius 3 is 2.81 bits per heavy atom. The number of anilines is 1. The second-order valence-corrected chi connectivity index (χ2v) is 3.30. The minimum atomic E-state index is 0.520. The minimum Gasteiger partial charge on any atom is -0.495 e. The summed E-state index contributed by atoms with van der Waals surface area (Å²) in [5.41, 5.74) is 4.48. The van der Waals surface area contributed by atoms with Crippen LogP contribution in [0.3, 0.4) is 0 Å². The quantitative estimate of drug-likeness (QED) is 0.311. The van der Waals surface area contributed by atoms with Crippen LogP contribution in [-0.4, -0.2) is 19.6 Å². The second kappa shape index (κ2) is 5.97. The van der Waals surface area contributed by atoms with E-state index in [0.717, 1.165) is 17.0 Å². The van der Waals surface area contributed by atoms with Crippen LogP contribution in [0.5, 0.6) is 5.75 Å². The summed E-state index contributed by atoms with van der Waals surface area (Å²) in [5.74, 6) is 6.63. The van der Waals surface area contributed by atoms with Crippen molar-refractivity contribution in [2.45, 2.75) is 13.8 Å². The zero-order valence-corrected chi connectivity index (χ0v) is 9.87. The van der Waals surface area contributed by atoms with E-state index >= 15 is 0 Å². The fourth-order valence-corrected chi connectivity index (χ4v) is 1.33. The van der Waals surface area contributed by atoms with Gasteiger partial charge in [0.25, 0.3) is 0 Å². The van der Waals surface area contributed by atoms with Crippen LogP contribution in [0.25, 0.3) is 0 Å². The number of nitrogens with zero attached hydrogens (tertiary/aromatic N) is 1. The van der Waals surface area contributed by atoms with Crippen LogP contribution in [0.1, 0.15) is 12.5 Å². The van der Waals surface area contributed by atoms with Gasteiger partial charge in [-0.25, -0.2) is 5.84 Å². The summed E-state index contributed by atoms with van der Waals surface area (Å²) in [6.45, 7) is 4.60. The number of rotatable bonds is 3. The number of ether oxygens (including phenoxy) is 1. The SMILES string of the molecule is CCN=C(NN)Nc1cc(C)ccc1OC. The summed E-state index contributed by atoms with van der Waals surface area (Å²) in [6, 6.07) is 5.86. The highest BCUT2D eigenvalue weighted by Crippen LogP contribution is 2.24. The number of methoxy groups -OCH3 is 1. The summed E-state index contributed by atoms with van der Waals surface area (Å²) >= 11 is 0. The molecule has 0 fully saturated rings. The highest BCUT2D eigenvalue weighted by Gasteiger charge is 2.04. The molecule has 0 unspecified atom stereocenters. The molecular formula is C11H18N4O. The van der Waals surface area contributed by atoms with Crippen LogP contribution in [-0.2, 0) is 0 Å². The van der Waals surface area contributed by atoms with Crippen molar-refractivity contribution in [1.82, 2.24) is 5.43 Å². The lowest BCUT2D eigenvalue weighted by atomic mass is 10.2. The lowest BCUT2D eigenvalue weighted by Crippen LogP contribution is -2.36. The topological polar surface area (TPSA) is 71.7 Å². The summed E-state index contributed by atoms with van der Waals surface area (Å²) in [7, 11) is 1.63. The minimum absolute atomic E-state index is 0.520. The number of aliphatic imine (C=N–C) groups is 1. The molecule has 88 valence electrons. The predicted octanol–water partition coefficient (Wildman–Crippen LogP) is 1.25. The predicted molar refractivity (Wildman–Crippen MR) is 66.7 cm³/mol. The van der Waals surface area contributed by atoms with Gasteiger partial charge in [0.05, 0.1) is 12.8 Å². The summed E-state index contributed by atoms with van der Waals surface area (Å²) in [6.07, 6.45) is 0. The number of nitrogens with one attached hydrogen (secondary N) is 2. The van der Waals surface area contributed by atoms with Crippen LogP contribution in [0.4, 0.5) is 5.69 Å². The molecule has 0 aliphatic carbocycles. The molecule has 1 aromatic rings. The summed E-state index contributed by atoms with van der Waals surface area (Å²) in [4.78, 5) is 4.16. The molecule has 0 bridgehead atoms. The van der Waals surface area contributed by atoms with Gasteiger partial charge in [-0.2, -0.15) is 0 Å². The Hall–Kier alpha value is -1.75.